The van der Waals surface area contributed by atoms with Crippen molar-refractivity contribution in [3.05, 3.63) is 29.8 Å². The fraction of sp³-hybridized carbons (Fsp3) is 0.600. The van der Waals surface area contributed by atoms with E-state index in [4.69, 9.17) is 0 Å². The van der Waals surface area contributed by atoms with Gasteiger partial charge in [-0.1, -0.05) is 80.6 Å². The Balaban J connectivity index is 0.00000256. The zero-order valence-corrected chi connectivity index (χ0v) is 12.0. The molecule has 0 bridgehead atoms. The van der Waals surface area contributed by atoms with Crippen molar-refractivity contribution in [3.63, 3.8) is 0 Å². The molecule has 0 unspecified atom stereocenters. The van der Waals surface area contributed by atoms with Gasteiger partial charge in [0.2, 0.25) is 15.2 Å². The summed E-state index contributed by atoms with van der Waals surface area (Å²) in [4.78, 5) is 0. The lowest BCUT2D eigenvalue weighted by Gasteiger charge is -2.01. The summed E-state index contributed by atoms with van der Waals surface area (Å²) in [6, 6.07) is 9.09. The molecule has 0 saturated carbocycles. The Hall–Kier alpha value is -0.248. The van der Waals surface area contributed by atoms with E-state index < -0.39 is 0 Å². The Morgan fingerprint density at radius 2 is 1.56 bits per heavy atom. The maximum absolute atomic E-state index is 2.31. The molecular weight excluding hydrogens is 207 g/mol. The molecule has 0 aliphatic heterocycles. The summed E-state index contributed by atoms with van der Waals surface area (Å²) in [7, 11) is 0. The summed E-state index contributed by atoms with van der Waals surface area (Å²) < 4.78 is 1.58. The maximum atomic E-state index is 2.31. The van der Waals surface area contributed by atoms with E-state index >= 15 is 0 Å². The number of rotatable bonds is 8. The summed E-state index contributed by atoms with van der Waals surface area (Å²) in [5, 5.41) is 1.44. The predicted molar refractivity (Wildman–Crippen MR) is 76.9 cm³/mol. The molecule has 0 spiro atoms. The molecular formula is C15H26Al. The highest BCUT2D eigenvalue weighted by Gasteiger charge is 1.96. The van der Waals surface area contributed by atoms with Crippen LogP contribution >= 0.6 is 0 Å². The van der Waals surface area contributed by atoms with Crippen molar-refractivity contribution in [1.29, 1.82) is 0 Å². The van der Waals surface area contributed by atoms with Gasteiger partial charge in [-0.25, -0.2) is 0 Å². The molecule has 1 aromatic rings. The van der Waals surface area contributed by atoms with Crippen molar-refractivity contribution < 1.29 is 1.43 Å². The van der Waals surface area contributed by atoms with Crippen LogP contribution in [0.1, 0.15) is 52.4 Å². The second kappa shape index (κ2) is 8.85. The van der Waals surface area contributed by atoms with E-state index in [0.29, 0.717) is 15.2 Å². The van der Waals surface area contributed by atoms with Gasteiger partial charge in [0.05, 0.1) is 0 Å². The van der Waals surface area contributed by atoms with Gasteiger partial charge in [0.25, 0.3) is 0 Å². The minimum atomic E-state index is 0. The van der Waals surface area contributed by atoms with Crippen LogP contribution in [0.2, 0.25) is 5.28 Å². The van der Waals surface area contributed by atoms with Crippen LogP contribution in [0.5, 0.6) is 0 Å². The fourth-order valence-electron chi connectivity index (χ4n) is 1.90. The van der Waals surface area contributed by atoms with Crippen molar-refractivity contribution >= 4 is 19.6 Å². The third kappa shape index (κ3) is 6.36. The Morgan fingerprint density at radius 1 is 0.938 bits per heavy atom. The van der Waals surface area contributed by atoms with Gasteiger partial charge in [0.1, 0.15) is 0 Å². The normalized spacial score (nSPS) is 10.4. The van der Waals surface area contributed by atoms with E-state index in [1.54, 1.807) is 4.43 Å². The third-order valence-corrected chi connectivity index (χ3v) is 4.57. The molecule has 0 heterocycles. The van der Waals surface area contributed by atoms with Crippen LogP contribution in [0.15, 0.2) is 24.3 Å². The van der Waals surface area contributed by atoms with Crippen LogP contribution in [0.25, 0.3) is 0 Å². The molecule has 1 aromatic carbocycles. The summed E-state index contributed by atoms with van der Waals surface area (Å²) in [5.74, 6) is 0. The Morgan fingerprint density at radius 3 is 2.25 bits per heavy atom. The molecule has 0 amide bonds. The van der Waals surface area contributed by atoms with Gasteiger partial charge in [-0.2, -0.15) is 0 Å². The lowest BCUT2D eigenvalue weighted by atomic mass is 10.1. The number of benzene rings is 1. The molecule has 0 N–H and O–H groups in total. The van der Waals surface area contributed by atoms with Crippen molar-refractivity contribution in [1.82, 2.24) is 0 Å². The number of hydrogen-bond donors (Lipinski definition) is 0. The minimum Gasteiger partial charge on any atom is -0.124 e. The van der Waals surface area contributed by atoms with E-state index in [1.165, 1.54) is 49.4 Å². The van der Waals surface area contributed by atoms with Crippen LogP contribution in [-0.4, -0.2) is 15.2 Å². The lowest BCUT2D eigenvalue weighted by molar-refractivity contribution is 0.624. The zero-order chi connectivity index (χ0) is 11.6. The standard InChI is InChI=1S/C8H17.C7H7.Al.H2/c1-3-5-7-8-6-4-2;1-7-5-3-2-4-6-7;;/h1,3-8H2,2H3;3-6H,1H3;;1H. The molecule has 89 valence electrons. The highest BCUT2D eigenvalue weighted by atomic mass is 27.1. The van der Waals surface area contributed by atoms with Crippen molar-refractivity contribution in [2.24, 2.45) is 0 Å². The first-order chi connectivity index (χ1) is 7.83. The third-order valence-electron chi connectivity index (χ3n) is 3.02. The average molecular weight is 233 g/mol. The zero-order valence-electron chi connectivity index (χ0n) is 10.8. The molecule has 0 nitrogen and oxygen atoms in total. The van der Waals surface area contributed by atoms with Crippen LogP contribution < -0.4 is 4.43 Å². The van der Waals surface area contributed by atoms with E-state index in [0.717, 1.165) is 0 Å². The molecule has 1 heteroatoms. The highest BCUT2D eigenvalue weighted by Crippen LogP contribution is 2.06. The van der Waals surface area contributed by atoms with Crippen molar-refractivity contribution in [3.8, 4) is 0 Å². The van der Waals surface area contributed by atoms with E-state index in [2.05, 4.69) is 38.1 Å². The minimum absolute atomic E-state index is 0. The summed E-state index contributed by atoms with van der Waals surface area (Å²) in [6.07, 6.45) is 8.54. The lowest BCUT2D eigenvalue weighted by Crippen LogP contribution is -2.12. The largest absolute Gasteiger partial charge is 0.250 e. The summed E-state index contributed by atoms with van der Waals surface area (Å²) >= 11 is 0.523. The quantitative estimate of drug-likeness (QED) is 0.462. The molecule has 16 heavy (non-hydrogen) atoms. The first kappa shape index (κ1) is 13.8. The molecule has 0 atom stereocenters. The monoisotopic (exact) mass is 233 g/mol. The van der Waals surface area contributed by atoms with E-state index in [9.17, 15) is 0 Å². The van der Waals surface area contributed by atoms with Crippen LogP contribution in [0.4, 0.5) is 0 Å². The topological polar surface area (TPSA) is 0 Å². The van der Waals surface area contributed by atoms with E-state index in [-0.39, 0.29) is 1.43 Å². The first-order valence-corrected chi connectivity index (χ1v) is 8.12. The SMILES string of the molecule is CCCCCCC[CH2][Al][c]1ccc(C)cc1.[HH]. The summed E-state index contributed by atoms with van der Waals surface area (Å²) in [6.45, 7) is 4.44. The summed E-state index contributed by atoms with van der Waals surface area (Å²) in [5.41, 5.74) is 1.38. The van der Waals surface area contributed by atoms with E-state index in [1.807, 2.05) is 0 Å². The molecule has 0 saturated heterocycles. The van der Waals surface area contributed by atoms with Gasteiger partial charge in [0, 0.05) is 1.43 Å². The van der Waals surface area contributed by atoms with Gasteiger partial charge in [-0.15, -0.1) is 4.43 Å². The molecule has 0 aliphatic rings. The molecule has 0 aromatic heterocycles. The first-order valence-electron chi connectivity index (χ1n) is 6.73. The Labute approximate surface area is 109 Å². The number of hydrogen-bond acceptors (Lipinski definition) is 0. The highest BCUT2D eigenvalue weighted by molar-refractivity contribution is 6.53. The van der Waals surface area contributed by atoms with Gasteiger partial charge in [-0.05, 0) is 6.92 Å². The van der Waals surface area contributed by atoms with Gasteiger partial charge in [0.15, 0.2) is 0 Å². The smallest absolute Gasteiger partial charge is 0.124 e. The number of unbranched alkanes of at least 4 members (excludes halogenated alkanes) is 5. The number of aryl methyl sites for hydroxylation is 1. The molecule has 0 fully saturated rings. The van der Waals surface area contributed by atoms with Crippen LogP contribution in [-0.2, 0) is 0 Å². The average Bonchev–Trinajstić information content (AvgIpc) is 2.30. The molecule has 0 aliphatic carbocycles. The van der Waals surface area contributed by atoms with Crippen molar-refractivity contribution in [2.45, 2.75) is 57.7 Å². The Kier molecular flexibility index (Phi) is 7.64. The van der Waals surface area contributed by atoms with Crippen LogP contribution in [0, 0.1) is 6.92 Å². The fourth-order valence-corrected chi connectivity index (χ4v) is 3.19. The maximum Gasteiger partial charge on any atom is 0.250 e. The van der Waals surface area contributed by atoms with Crippen molar-refractivity contribution in [2.75, 3.05) is 0 Å². The van der Waals surface area contributed by atoms with Crippen LogP contribution in [0.3, 0.4) is 0 Å². The predicted octanol–water partition coefficient (Wildman–Crippen LogP) is 4.35. The second-order valence-corrected chi connectivity index (χ2v) is 6.32. The molecule has 1 rings (SSSR count). The van der Waals surface area contributed by atoms with Gasteiger partial charge >= 0.3 is 0 Å². The van der Waals surface area contributed by atoms with Gasteiger partial charge < -0.3 is 0 Å². The Bertz CT molecular complexity index is 269. The van der Waals surface area contributed by atoms with Gasteiger partial charge in [-0.3, -0.25) is 0 Å². The molecule has 1 radical (unpaired) electrons. The second-order valence-electron chi connectivity index (χ2n) is 4.67.